The molecule has 1 rings (SSSR count). The van der Waals surface area contributed by atoms with Gasteiger partial charge in [-0.3, -0.25) is 0 Å². The van der Waals surface area contributed by atoms with Crippen LogP contribution >= 0.6 is 22.6 Å². The van der Waals surface area contributed by atoms with Gasteiger partial charge in [0.15, 0.2) is 0 Å². The van der Waals surface area contributed by atoms with Crippen molar-refractivity contribution in [3.63, 3.8) is 0 Å². The van der Waals surface area contributed by atoms with Crippen LogP contribution in [0.3, 0.4) is 0 Å². The summed E-state index contributed by atoms with van der Waals surface area (Å²) in [5, 5.41) is 0. The van der Waals surface area contributed by atoms with Crippen molar-refractivity contribution in [3.05, 3.63) is 0 Å². The predicted molar refractivity (Wildman–Crippen MR) is 67.1 cm³/mol. The second-order valence-corrected chi connectivity index (χ2v) is 5.39. The molecule has 0 N–H and O–H groups in total. The zero-order valence-corrected chi connectivity index (χ0v) is 11.5. The molecule has 2 atom stereocenters. The maximum absolute atomic E-state index is 5.75. The topological polar surface area (TPSA) is 18.5 Å². The molecule has 0 unspecified atom stereocenters. The van der Waals surface area contributed by atoms with Gasteiger partial charge >= 0.3 is 0 Å². The molecule has 14 heavy (non-hydrogen) atoms. The third-order valence-corrected chi connectivity index (χ3v) is 3.91. The molecule has 0 bridgehead atoms. The largest absolute Gasteiger partial charge is 0.378 e. The van der Waals surface area contributed by atoms with Crippen LogP contribution in [0.25, 0.3) is 0 Å². The highest BCUT2D eigenvalue weighted by Gasteiger charge is 2.38. The minimum absolute atomic E-state index is 0.292. The number of ether oxygens (including phenoxy) is 2. The maximum Gasteiger partial charge on any atom is 0.0671 e. The van der Waals surface area contributed by atoms with Crippen molar-refractivity contribution in [3.8, 4) is 0 Å². The van der Waals surface area contributed by atoms with Crippen LogP contribution < -0.4 is 0 Å². The predicted octanol–water partition coefficient (Wildman–Crippen LogP) is 3.03. The van der Waals surface area contributed by atoms with Crippen molar-refractivity contribution in [2.75, 3.05) is 17.6 Å². The van der Waals surface area contributed by atoms with Crippen LogP contribution in [0.15, 0.2) is 0 Å². The molecule has 1 aliphatic heterocycles. The summed E-state index contributed by atoms with van der Waals surface area (Å²) in [5.41, 5.74) is 0.292. The number of halogens is 1. The summed E-state index contributed by atoms with van der Waals surface area (Å²) in [5.74, 6) is 0. The molecule has 1 heterocycles. The molecule has 84 valence electrons. The number of hydrogen-bond donors (Lipinski definition) is 0. The van der Waals surface area contributed by atoms with Gasteiger partial charge in [0.2, 0.25) is 0 Å². The van der Waals surface area contributed by atoms with Crippen molar-refractivity contribution in [1.82, 2.24) is 0 Å². The molecule has 0 aromatic rings. The zero-order chi connectivity index (χ0) is 10.6. The van der Waals surface area contributed by atoms with Crippen molar-refractivity contribution in [2.45, 2.75) is 45.8 Å². The first-order valence-corrected chi connectivity index (χ1v) is 6.93. The van der Waals surface area contributed by atoms with Gasteiger partial charge in [0.1, 0.15) is 0 Å². The standard InChI is InChI=1S/C11H21IO2/c1-4-11(7-13-9(2)3)5-10(6-12)14-8-11/h9-10H,4-8H2,1-3H3/t10-,11-/m1/s1. The Kier molecular flexibility index (Phi) is 5.14. The highest BCUT2D eigenvalue weighted by molar-refractivity contribution is 14.1. The van der Waals surface area contributed by atoms with Crippen LogP contribution in [0.5, 0.6) is 0 Å². The van der Waals surface area contributed by atoms with Gasteiger partial charge in [-0.05, 0) is 26.7 Å². The third kappa shape index (κ3) is 3.35. The van der Waals surface area contributed by atoms with E-state index < -0.39 is 0 Å². The Hall–Kier alpha value is 0.650. The van der Waals surface area contributed by atoms with Crippen LogP contribution in [0.2, 0.25) is 0 Å². The van der Waals surface area contributed by atoms with Gasteiger partial charge < -0.3 is 9.47 Å². The molecular formula is C11H21IO2. The summed E-state index contributed by atoms with van der Waals surface area (Å²) in [6.45, 7) is 8.16. The fourth-order valence-corrected chi connectivity index (χ4v) is 2.35. The van der Waals surface area contributed by atoms with E-state index in [1.54, 1.807) is 0 Å². The highest BCUT2D eigenvalue weighted by Crippen LogP contribution is 2.37. The Labute approximate surface area is 101 Å². The van der Waals surface area contributed by atoms with Gasteiger partial charge in [-0.25, -0.2) is 0 Å². The van der Waals surface area contributed by atoms with Crippen LogP contribution in [-0.2, 0) is 9.47 Å². The molecule has 1 aliphatic rings. The van der Waals surface area contributed by atoms with Gasteiger partial charge in [0.05, 0.1) is 25.4 Å². The molecule has 2 nitrogen and oxygen atoms in total. The van der Waals surface area contributed by atoms with Gasteiger partial charge in [-0.1, -0.05) is 29.5 Å². The van der Waals surface area contributed by atoms with Gasteiger partial charge in [-0.15, -0.1) is 0 Å². The summed E-state index contributed by atoms with van der Waals surface area (Å²) >= 11 is 2.40. The third-order valence-electron chi connectivity index (χ3n) is 2.93. The molecule has 0 aliphatic carbocycles. The van der Waals surface area contributed by atoms with E-state index >= 15 is 0 Å². The van der Waals surface area contributed by atoms with E-state index in [0.717, 1.165) is 24.1 Å². The van der Waals surface area contributed by atoms with E-state index in [9.17, 15) is 0 Å². The average Bonchev–Trinajstić information content (AvgIpc) is 2.59. The second-order valence-electron chi connectivity index (χ2n) is 4.50. The lowest BCUT2D eigenvalue weighted by Gasteiger charge is -2.26. The Morgan fingerprint density at radius 3 is 2.71 bits per heavy atom. The zero-order valence-electron chi connectivity index (χ0n) is 9.38. The summed E-state index contributed by atoms with van der Waals surface area (Å²) < 4.78 is 12.6. The molecule has 0 spiro atoms. The van der Waals surface area contributed by atoms with Gasteiger partial charge in [0, 0.05) is 9.84 Å². The van der Waals surface area contributed by atoms with Crippen LogP contribution in [0.1, 0.15) is 33.6 Å². The summed E-state index contributed by atoms with van der Waals surface area (Å²) in [7, 11) is 0. The Morgan fingerprint density at radius 2 is 2.29 bits per heavy atom. The normalized spacial score (nSPS) is 32.8. The average molecular weight is 312 g/mol. The van der Waals surface area contributed by atoms with Crippen molar-refractivity contribution < 1.29 is 9.47 Å². The first kappa shape index (κ1) is 12.7. The lowest BCUT2D eigenvalue weighted by molar-refractivity contribution is -0.00114. The van der Waals surface area contributed by atoms with E-state index in [-0.39, 0.29) is 0 Å². The van der Waals surface area contributed by atoms with E-state index in [4.69, 9.17) is 9.47 Å². The highest BCUT2D eigenvalue weighted by atomic mass is 127. The molecule has 0 aromatic carbocycles. The number of alkyl halides is 1. The minimum Gasteiger partial charge on any atom is -0.378 e. The van der Waals surface area contributed by atoms with Crippen LogP contribution in [0.4, 0.5) is 0 Å². The first-order valence-electron chi connectivity index (χ1n) is 5.41. The molecule has 1 fully saturated rings. The fourth-order valence-electron chi connectivity index (χ4n) is 1.79. The monoisotopic (exact) mass is 312 g/mol. The quantitative estimate of drug-likeness (QED) is 0.574. The SMILES string of the molecule is CC[C@@]1(COC(C)C)CO[C@@H](CI)C1. The smallest absolute Gasteiger partial charge is 0.0671 e. The lowest BCUT2D eigenvalue weighted by Crippen LogP contribution is -2.28. The second kappa shape index (κ2) is 5.66. The lowest BCUT2D eigenvalue weighted by atomic mass is 9.84. The molecule has 0 saturated carbocycles. The van der Waals surface area contributed by atoms with Crippen LogP contribution in [0, 0.1) is 5.41 Å². The van der Waals surface area contributed by atoms with Gasteiger partial charge in [-0.2, -0.15) is 0 Å². The fraction of sp³-hybridized carbons (Fsp3) is 1.00. The van der Waals surface area contributed by atoms with E-state index in [0.29, 0.717) is 17.6 Å². The summed E-state index contributed by atoms with van der Waals surface area (Å²) in [6, 6.07) is 0. The minimum atomic E-state index is 0.292. The maximum atomic E-state index is 5.75. The Morgan fingerprint density at radius 1 is 1.57 bits per heavy atom. The number of rotatable bonds is 5. The molecule has 0 radical (unpaired) electrons. The summed E-state index contributed by atoms with van der Waals surface area (Å²) in [4.78, 5) is 0. The number of hydrogen-bond acceptors (Lipinski definition) is 2. The van der Waals surface area contributed by atoms with Crippen molar-refractivity contribution in [1.29, 1.82) is 0 Å². The van der Waals surface area contributed by atoms with Gasteiger partial charge in [0.25, 0.3) is 0 Å². The van der Waals surface area contributed by atoms with E-state index in [1.165, 1.54) is 6.42 Å². The van der Waals surface area contributed by atoms with Crippen molar-refractivity contribution in [2.24, 2.45) is 5.41 Å². The van der Waals surface area contributed by atoms with Crippen LogP contribution in [-0.4, -0.2) is 29.8 Å². The molecule has 0 aromatic heterocycles. The Balaban J connectivity index is 2.43. The molecular weight excluding hydrogens is 291 g/mol. The van der Waals surface area contributed by atoms with E-state index in [1.807, 2.05) is 0 Å². The van der Waals surface area contributed by atoms with Crippen molar-refractivity contribution >= 4 is 22.6 Å². The first-order chi connectivity index (χ1) is 6.62. The Bertz CT molecular complexity index is 173. The molecule has 0 amide bonds. The molecule has 3 heteroatoms. The summed E-state index contributed by atoms with van der Waals surface area (Å²) in [6.07, 6.45) is 3.11. The van der Waals surface area contributed by atoms with E-state index in [2.05, 4.69) is 43.4 Å². The molecule has 1 saturated heterocycles.